The van der Waals surface area contributed by atoms with Crippen LogP contribution in [0.15, 0.2) is 24.3 Å². The fraction of sp³-hybridized carbons (Fsp3) is 0.385. The van der Waals surface area contributed by atoms with Crippen molar-refractivity contribution in [2.45, 2.75) is 26.1 Å². The molecule has 0 aliphatic rings. The summed E-state index contributed by atoms with van der Waals surface area (Å²) in [5.74, 6) is -2.62. The minimum atomic E-state index is -1.47. The van der Waals surface area contributed by atoms with Crippen molar-refractivity contribution in [2.75, 3.05) is 0 Å². The number of aliphatic hydroxyl groups is 2. The molecular formula is C13H17ClO6. The predicted molar refractivity (Wildman–Crippen MR) is 72.5 cm³/mol. The number of hydrogen-bond donors (Lipinski definition) is 4. The Morgan fingerprint density at radius 1 is 1.00 bits per heavy atom. The maximum absolute atomic E-state index is 10.3. The predicted octanol–water partition coefficient (Wildman–Crippen LogP) is 1.55. The Morgan fingerprint density at radius 3 is 1.70 bits per heavy atom. The van der Waals surface area contributed by atoms with Crippen LogP contribution in [0, 0.1) is 5.92 Å². The molecular weight excluding hydrogens is 288 g/mol. The van der Waals surface area contributed by atoms with Gasteiger partial charge in [-0.25, -0.2) is 9.59 Å². The number of halogens is 1. The van der Waals surface area contributed by atoms with E-state index in [1.165, 1.54) is 24.3 Å². The van der Waals surface area contributed by atoms with Crippen LogP contribution in [0.5, 0.6) is 0 Å². The first kappa shape index (κ1) is 18.4. The first-order valence-corrected chi connectivity index (χ1v) is 6.11. The first-order valence-electron chi connectivity index (χ1n) is 5.74. The fourth-order valence-corrected chi connectivity index (χ4v) is 1.20. The highest BCUT2D eigenvalue weighted by atomic mass is 35.5. The minimum absolute atomic E-state index is 0.201. The van der Waals surface area contributed by atoms with Gasteiger partial charge in [0, 0.05) is 5.02 Å². The van der Waals surface area contributed by atoms with E-state index >= 15 is 0 Å². The lowest BCUT2D eigenvalue weighted by molar-refractivity contribution is -0.149. The van der Waals surface area contributed by atoms with Crippen LogP contribution in [0.2, 0.25) is 5.02 Å². The van der Waals surface area contributed by atoms with Crippen molar-refractivity contribution in [1.29, 1.82) is 0 Å². The highest BCUT2D eigenvalue weighted by Crippen LogP contribution is 2.16. The molecule has 0 amide bonds. The molecule has 0 aliphatic carbocycles. The van der Waals surface area contributed by atoms with Crippen LogP contribution in [-0.2, 0) is 9.59 Å². The summed E-state index contributed by atoms with van der Waals surface area (Å²) in [4.78, 5) is 20.2. The number of benzene rings is 1. The lowest BCUT2D eigenvalue weighted by atomic mass is 10.1. The van der Waals surface area contributed by atoms with E-state index in [1.807, 2.05) is 0 Å². The molecule has 0 bridgehead atoms. The average molecular weight is 305 g/mol. The van der Waals surface area contributed by atoms with Gasteiger partial charge in [-0.2, -0.15) is 0 Å². The molecule has 0 saturated heterocycles. The molecule has 112 valence electrons. The van der Waals surface area contributed by atoms with E-state index in [4.69, 9.17) is 32.0 Å². The minimum Gasteiger partial charge on any atom is -0.479 e. The first-order chi connectivity index (χ1) is 9.16. The van der Waals surface area contributed by atoms with Gasteiger partial charge in [-0.15, -0.1) is 0 Å². The molecule has 0 aromatic heterocycles. The van der Waals surface area contributed by atoms with Crippen LogP contribution in [0.4, 0.5) is 0 Å². The number of rotatable bonds is 4. The molecule has 0 heterocycles. The van der Waals surface area contributed by atoms with Crippen molar-refractivity contribution >= 4 is 23.5 Å². The Bertz CT molecular complexity index is 443. The van der Waals surface area contributed by atoms with Gasteiger partial charge in [0.2, 0.25) is 0 Å². The highest BCUT2D eigenvalue weighted by Gasteiger charge is 2.16. The lowest BCUT2D eigenvalue weighted by Gasteiger charge is -2.06. The van der Waals surface area contributed by atoms with Crippen LogP contribution in [0.3, 0.4) is 0 Å². The summed E-state index contributed by atoms with van der Waals surface area (Å²) >= 11 is 5.57. The van der Waals surface area contributed by atoms with Crippen LogP contribution in [0.25, 0.3) is 0 Å². The Balaban J connectivity index is 0.000000396. The summed E-state index contributed by atoms with van der Waals surface area (Å²) in [5.41, 5.74) is 0.326. The van der Waals surface area contributed by atoms with Gasteiger partial charge in [-0.1, -0.05) is 37.6 Å². The van der Waals surface area contributed by atoms with Gasteiger partial charge in [0.15, 0.2) is 12.2 Å². The van der Waals surface area contributed by atoms with Crippen LogP contribution < -0.4 is 0 Å². The van der Waals surface area contributed by atoms with Crippen molar-refractivity contribution in [3.63, 3.8) is 0 Å². The zero-order chi connectivity index (χ0) is 15.9. The SMILES string of the molecule is CC(C)C(O)C(=O)O.O=C(O)C(O)c1ccc(Cl)cc1. The number of carboxylic acids is 2. The quantitative estimate of drug-likeness (QED) is 0.671. The molecule has 0 radical (unpaired) electrons. The molecule has 0 saturated carbocycles. The number of carboxylic acid groups (broad SMARTS) is 2. The lowest BCUT2D eigenvalue weighted by Crippen LogP contribution is -2.25. The molecule has 1 aromatic carbocycles. The van der Waals surface area contributed by atoms with E-state index in [1.54, 1.807) is 13.8 Å². The number of aliphatic carboxylic acids is 2. The van der Waals surface area contributed by atoms with E-state index in [2.05, 4.69) is 0 Å². The smallest absolute Gasteiger partial charge is 0.337 e. The van der Waals surface area contributed by atoms with Gasteiger partial charge in [0.05, 0.1) is 0 Å². The molecule has 1 aromatic rings. The molecule has 2 atom stereocenters. The summed E-state index contributed by atoms with van der Waals surface area (Å²) in [6, 6.07) is 6.01. The molecule has 7 heteroatoms. The standard InChI is InChI=1S/C8H7ClO3.C5H10O3/c9-6-3-1-5(2-4-6)7(10)8(11)12;1-3(2)4(6)5(7)8/h1-4,7,10H,(H,11,12);3-4,6H,1-2H3,(H,7,8). The summed E-state index contributed by atoms with van der Waals surface area (Å²) in [7, 11) is 0. The largest absolute Gasteiger partial charge is 0.479 e. The van der Waals surface area contributed by atoms with Crippen molar-refractivity contribution in [1.82, 2.24) is 0 Å². The number of carbonyl (C=O) groups is 2. The summed E-state index contributed by atoms with van der Waals surface area (Å²) in [6.45, 7) is 3.30. The summed E-state index contributed by atoms with van der Waals surface area (Å²) in [5, 5.41) is 34.7. The maximum Gasteiger partial charge on any atom is 0.337 e. The van der Waals surface area contributed by atoms with Gasteiger partial charge < -0.3 is 20.4 Å². The van der Waals surface area contributed by atoms with E-state index in [0.717, 1.165) is 0 Å². The molecule has 2 unspecified atom stereocenters. The number of hydrogen-bond acceptors (Lipinski definition) is 4. The fourth-order valence-electron chi connectivity index (χ4n) is 1.07. The molecule has 6 nitrogen and oxygen atoms in total. The molecule has 4 N–H and O–H groups in total. The topological polar surface area (TPSA) is 115 Å². The normalized spacial score (nSPS) is 13.1. The van der Waals surface area contributed by atoms with Gasteiger partial charge >= 0.3 is 11.9 Å². The van der Waals surface area contributed by atoms with Crippen molar-refractivity contribution in [3.05, 3.63) is 34.9 Å². The van der Waals surface area contributed by atoms with Crippen molar-refractivity contribution < 1.29 is 30.0 Å². The Labute approximate surface area is 121 Å². The van der Waals surface area contributed by atoms with E-state index < -0.39 is 24.1 Å². The van der Waals surface area contributed by atoms with Crippen LogP contribution in [0.1, 0.15) is 25.5 Å². The van der Waals surface area contributed by atoms with Gasteiger partial charge in [-0.05, 0) is 23.6 Å². The summed E-state index contributed by atoms with van der Waals surface area (Å²) < 4.78 is 0. The monoisotopic (exact) mass is 304 g/mol. The maximum atomic E-state index is 10.3. The van der Waals surface area contributed by atoms with Gasteiger partial charge in [0.25, 0.3) is 0 Å². The van der Waals surface area contributed by atoms with E-state index in [-0.39, 0.29) is 5.92 Å². The number of aliphatic hydroxyl groups excluding tert-OH is 2. The van der Waals surface area contributed by atoms with Crippen molar-refractivity contribution in [2.24, 2.45) is 5.92 Å². The third-order valence-corrected chi connectivity index (χ3v) is 2.56. The molecule has 1 rings (SSSR count). The Morgan fingerprint density at radius 2 is 1.45 bits per heavy atom. The van der Waals surface area contributed by atoms with E-state index in [0.29, 0.717) is 10.6 Å². The second-order valence-corrected chi connectivity index (χ2v) is 4.76. The molecule has 0 aliphatic heterocycles. The van der Waals surface area contributed by atoms with Crippen molar-refractivity contribution in [3.8, 4) is 0 Å². The van der Waals surface area contributed by atoms with Gasteiger partial charge in [-0.3, -0.25) is 0 Å². The van der Waals surface area contributed by atoms with Crippen LogP contribution in [-0.4, -0.2) is 38.5 Å². The Hall–Kier alpha value is -1.63. The second kappa shape index (κ2) is 8.52. The van der Waals surface area contributed by atoms with E-state index in [9.17, 15) is 9.59 Å². The zero-order valence-corrected chi connectivity index (χ0v) is 11.8. The third kappa shape index (κ3) is 6.51. The Kier molecular flexibility index (Phi) is 7.83. The third-order valence-electron chi connectivity index (χ3n) is 2.30. The molecule has 0 fully saturated rings. The van der Waals surface area contributed by atoms with Crippen LogP contribution >= 0.6 is 11.6 Å². The zero-order valence-electron chi connectivity index (χ0n) is 11.0. The summed E-state index contributed by atoms with van der Waals surface area (Å²) in [6.07, 6.45) is -2.68. The van der Waals surface area contributed by atoms with Gasteiger partial charge in [0.1, 0.15) is 0 Å². The highest BCUT2D eigenvalue weighted by molar-refractivity contribution is 6.30. The average Bonchev–Trinajstić information content (AvgIpc) is 2.38. The molecule has 20 heavy (non-hydrogen) atoms. The second-order valence-electron chi connectivity index (χ2n) is 4.32. The molecule has 0 spiro atoms.